The summed E-state index contributed by atoms with van der Waals surface area (Å²) in [6, 6.07) is 6.96. The van der Waals surface area contributed by atoms with Gasteiger partial charge in [0.25, 0.3) is 0 Å². The summed E-state index contributed by atoms with van der Waals surface area (Å²) in [7, 11) is 0. The number of alkyl halides is 1. The van der Waals surface area contributed by atoms with E-state index in [1.165, 1.54) is 16.7 Å². The maximum absolute atomic E-state index is 3.59. The second-order valence-electron chi connectivity index (χ2n) is 6.24. The van der Waals surface area contributed by atoms with E-state index in [1.807, 2.05) is 0 Å². The molecule has 0 amide bonds. The Morgan fingerprint density at radius 1 is 1.18 bits per heavy atom. The van der Waals surface area contributed by atoms with Crippen molar-refractivity contribution in [3.63, 3.8) is 0 Å². The van der Waals surface area contributed by atoms with Gasteiger partial charge in [-0.05, 0) is 40.9 Å². The lowest BCUT2D eigenvalue weighted by molar-refractivity contribution is 0.540. The largest absolute Gasteiger partial charge is 0.0925 e. The molecule has 0 aliphatic carbocycles. The molecule has 1 aromatic rings. The Morgan fingerprint density at radius 3 is 2.24 bits per heavy atom. The number of hydrogen-bond acceptors (Lipinski definition) is 0. The van der Waals surface area contributed by atoms with Crippen molar-refractivity contribution in [2.24, 2.45) is 5.92 Å². The molecule has 0 N–H and O–H groups in total. The van der Waals surface area contributed by atoms with Crippen molar-refractivity contribution in [1.29, 1.82) is 0 Å². The van der Waals surface area contributed by atoms with Crippen molar-refractivity contribution < 1.29 is 0 Å². The molecule has 0 fully saturated rings. The van der Waals surface area contributed by atoms with E-state index in [1.54, 1.807) is 0 Å². The van der Waals surface area contributed by atoms with E-state index in [9.17, 15) is 0 Å². The quantitative estimate of drug-likeness (QED) is 0.653. The minimum Gasteiger partial charge on any atom is -0.0925 e. The molecular formula is C16H25Br. The highest BCUT2D eigenvalue weighted by Gasteiger charge is 2.19. The molecule has 17 heavy (non-hydrogen) atoms. The summed E-state index contributed by atoms with van der Waals surface area (Å²) in [5.74, 6) is 1.28. The standard InChI is InChI=1S/C16H25Br/c1-11-7-8-14(13(3)12(2)10-17)9-15(11)16(4,5)6/h7-9,12-13H,10H2,1-6H3. The Labute approximate surface area is 115 Å². The van der Waals surface area contributed by atoms with Crippen LogP contribution in [-0.4, -0.2) is 5.33 Å². The van der Waals surface area contributed by atoms with E-state index in [0.717, 1.165) is 5.33 Å². The molecule has 0 aliphatic heterocycles. The van der Waals surface area contributed by atoms with Crippen LogP contribution in [0.4, 0.5) is 0 Å². The van der Waals surface area contributed by atoms with Crippen molar-refractivity contribution in [3.8, 4) is 0 Å². The van der Waals surface area contributed by atoms with Gasteiger partial charge in [-0.2, -0.15) is 0 Å². The molecule has 0 radical (unpaired) electrons. The van der Waals surface area contributed by atoms with Crippen LogP contribution >= 0.6 is 15.9 Å². The Hall–Kier alpha value is -0.300. The Morgan fingerprint density at radius 2 is 1.76 bits per heavy atom. The van der Waals surface area contributed by atoms with Gasteiger partial charge in [-0.15, -0.1) is 0 Å². The fraction of sp³-hybridized carbons (Fsp3) is 0.625. The average Bonchev–Trinajstić information content (AvgIpc) is 2.26. The minimum absolute atomic E-state index is 0.234. The zero-order chi connectivity index (χ0) is 13.2. The molecule has 0 aliphatic rings. The summed E-state index contributed by atoms with van der Waals surface area (Å²) >= 11 is 3.59. The number of halogens is 1. The molecule has 1 rings (SSSR count). The van der Waals surface area contributed by atoms with Crippen LogP contribution in [-0.2, 0) is 5.41 Å². The first kappa shape index (κ1) is 14.8. The predicted molar refractivity (Wildman–Crippen MR) is 81.3 cm³/mol. The van der Waals surface area contributed by atoms with Crippen LogP contribution in [0.15, 0.2) is 18.2 Å². The molecule has 0 saturated carbocycles. The smallest absolute Gasteiger partial charge is 0.00627 e. The third kappa shape index (κ3) is 3.58. The summed E-state index contributed by atoms with van der Waals surface area (Å²) in [6.45, 7) is 13.7. The topological polar surface area (TPSA) is 0 Å². The molecule has 96 valence electrons. The monoisotopic (exact) mass is 296 g/mol. The van der Waals surface area contributed by atoms with Gasteiger partial charge in [0.05, 0.1) is 0 Å². The SMILES string of the molecule is Cc1ccc(C(C)C(C)CBr)cc1C(C)(C)C. The lowest BCUT2D eigenvalue weighted by Gasteiger charge is -2.25. The molecule has 0 spiro atoms. The molecule has 1 aromatic carbocycles. The van der Waals surface area contributed by atoms with E-state index in [-0.39, 0.29) is 5.41 Å². The molecule has 2 unspecified atom stereocenters. The zero-order valence-electron chi connectivity index (χ0n) is 12.0. The highest BCUT2D eigenvalue weighted by Crippen LogP contribution is 2.31. The minimum atomic E-state index is 0.234. The zero-order valence-corrected chi connectivity index (χ0v) is 13.6. The van der Waals surface area contributed by atoms with Crippen LogP contribution in [0.25, 0.3) is 0 Å². The summed E-state index contributed by atoms with van der Waals surface area (Å²) in [4.78, 5) is 0. The summed E-state index contributed by atoms with van der Waals surface area (Å²) < 4.78 is 0. The second-order valence-corrected chi connectivity index (χ2v) is 6.89. The molecule has 0 nitrogen and oxygen atoms in total. The third-order valence-corrected chi connectivity index (χ3v) is 4.71. The number of aryl methyl sites for hydroxylation is 1. The molecule has 0 saturated heterocycles. The maximum Gasteiger partial charge on any atom is 0.00627 e. The predicted octanol–water partition coefficient (Wildman–Crippen LogP) is 5.43. The van der Waals surface area contributed by atoms with E-state index in [0.29, 0.717) is 11.8 Å². The van der Waals surface area contributed by atoms with Gasteiger partial charge in [0, 0.05) is 5.33 Å². The van der Waals surface area contributed by atoms with Gasteiger partial charge in [-0.1, -0.05) is 68.7 Å². The first-order valence-corrected chi connectivity index (χ1v) is 7.56. The summed E-state index contributed by atoms with van der Waals surface area (Å²) in [5, 5.41) is 1.06. The highest BCUT2D eigenvalue weighted by molar-refractivity contribution is 9.09. The number of hydrogen-bond donors (Lipinski definition) is 0. The van der Waals surface area contributed by atoms with Gasteiger partial charge in [0.1, 0.15) is 0 Å². The van der Waals surface area contributed by atoms with Gasteiger partial charge in [-0.25, -0.2) is 0 Å². The van der Waals surface area contributed by atoms with Crippen LogP contribution in [0.1, 0.15) is 57.2 Å². The van der Waals surface area contributed by atoms with E-state index in [4.69, 9.17) is 0 Å². The van der Waals surface area contributed by atoms with Gasteiger partial charge >= 0.3 is 0 Å². The first-order valence-electron chi connectivity index (χ1n) is 6.44. The second kappa shape index (κ2) is 5.56. The van der Waals surface area contributed by atoms with Gasteiger partial charge in [-0.3, -0.25) is 0 Å². The molecule has 2 atom stereocenters. The fourth-order valence-corrected chi connectivity index (χ4v) is 2.75. The molecule has 0 aromatic heterocycles. The Bertz CT molecular complexity index is 374. The number of benzene rings is 1. The summed E-state index contributed by atoms with van der Waals surface area (Å²) in [6.07, 6.45) is 0. The van der Waals surface area contributed by atoms with E-state index in [2.05, 4.69) is 75.7 Å². The molecule has 1 heteroatoms. The maximum atomic E-state index is 3.59. The van der Waals surface area contributed by atoms with Crippen LogP contribution in [0.3, 0.4) is 0 Å². The van der Waals surface area contributed by atoms with Crippen LogP contribution in [0.5, 0.6) is 0 Å². The van der Waals surface area contributed by atoms with E-state index < -0.39 is 0 Å². The Balaban J connectivity index is 3.13. The van der Waals surface area contributed by atoms with Crippen LogP contribution in [0, 0.1) is 12.8 Å². The molecule has 0 bridgehead atoms. The normalized spacial score (nSPS) is 15.7. The van der Waals surface area contributed by atoms with Crippen molar-refractivity contribution in [2.75, 3.05) is 5.33 Å². The van der Waals surface area contributed by atoms with Gasteiger partial charge in [0.2, 0.25) is 0 Å². The van der Waals surface area contributed by atoms with Crippen molar-refractivity contribution >= 4 is 15.9 Å². The summed E-state index contributed by atoms with van der Waals surface area (Å²) in [5.41, 5.74) is 4.58. The molecule has 0 heterocycles. The van der Waals surface area contributed by atoms with E-state index >= 15 is 0 Å². The third-order valence-electron chi connectivity index (χ3n) is 3.69. The Kier molecular flexibility index (Phi) is 4.83. The van der Waals surface area contributed by atoms with Crippen LogP contribution in [0.2, 0.25) is 0 Å². The molecular weight excluding hydrogens is 272 g/mol. The van der Waals surface area contributed by atoms with Gasteiger partial charge in [0.15, 0.2) is 0 Å². The van der Waals surface area contributed by atoms with Crippen molar-refractivity contribution in [3.05, 3.63) is 34.9 Å². The highest BCUT2D eigenvalue weighted by atomic mass is 79.9. The lowest BCUT2D eigenvalue weighted by atomic mass is 9.80. The van der Waals surface area contributed by atoms with Crippen molar-refractivity contribution in [1.82, 2.24) is 0 Å². The van der Waals surface area contributed by atoms with Crippen molar-refractivity contribution in [2.45, 2.75) is 52.9 Å². The lowest BCUT2D eigenvalue weighted by Crippen LogP contribution is -2.15. The van der Waals surface area contributed by atoms with Crippen LogP contribution < -0.4 is 0 Å². The fourth-order valence-electron chi connectivity index (χ4n) is 2.19. The number of rotatable bonds is 3. The van der Waals surface area contributed by atoms with Gasteiger partial charge < -0.3 is 0 Å². The average molecular weight is 297 g/mol. The first-order chi connectivity index (χ1) is 7.77.